The molecule has 2 aromatic heterocycles. The number of aryl methyl sites for hydroxylation is 1. The van der Waals surface area contributed by atoms with Crippen molar-refractivity contribution in [1.29, 1.82) is 0 Å². The molecule has 36 heavy (non-hydrogen) atoms. The number of nitrogens with zero attached hydrogens (tertiary/aromatic N) is 5. The van der Waals surface area contributed by atoms with Gasteiger partial charge in [-0.3, -0.25) is 4.79 Å². The summed E-state index contributed by atoms with van der Waals surface area (Å²) in [7, 11) is 6.13. The van der Waals surface area contributed by atoms with Crippen LogP contribution in [-0.2, 0) is 11.8 Å². The van der Waals surface area contributed by atoms with E-state index < -0.39 is 12.1 Å². The van der Waals surface area contributed by atoms with Crippen LogP contribution in [0.15, 0.2) is 55.0 Å². The largest absolute Gasteiger partial charge is 0.490 e. The number of likely N-dealkylation sites (tertiary alicyclic amines) is 1. The molecule has 1 aromatic carbocycles. The number of halogens is 3. The standard InChI is InChI=1S/C23H27N5O.C2HF3O2/c1-26(2)20-9-11-28(12-10-20)23(29)21-13-18(16-27(21)3)19-14-24-22(25-15-19)17-7-5-4-6-8-17;3-2(4,5)1(6)7/h4-8,13-16,20H,9-12H2,1-3H3;(H,6,7). The first-order valence-corrected chi connectivity index (χ1v) is 11.3. The number of aromatic nitrogens is 3. The van der Waals surface area contributed by atoms with Crippen molar-refractivity contribution in [3.63, 3.8) is 0 Å². The SMILES string of the molecule is CN(C)C1CCN(C(=O)c2cc(-c3cnc(-c4ccccc4)nc3)cn2C)CC1.O=C(O)C(F)(F)F. The summed E-state index contributed by atoms with van der Waals surface area (Å²) >= 11 is 0. The molecule has 1 saturated heterocycles. The maximum atomic E-state index is 13.0. The van der Waals surface area contributed by atoms with Crippen LogP contribution in [0.4, 0.5) is 13.2 Å². The van der Waals surface area contributed by atoms with Crippen LogP contribution in [0.3, 0.4) is 0 Å². The third-order valence-electron chi connectivity index (χ3n) is 5.97. The maximum Gasteiger partial charge on any atom is 0.490 e. The van der Waals surface area contributed by atoms with Crippen LogP contribution in [-0.4, -0.2) is 80.7 Å². The Balaban J connectivity index is 0.000000454. The predicted molar refractivity (Wildman–Crippen MR) is 128 cm³/mol. The molecule has 4 rings (SSSR count). The van der Waals surface area contributed by atoms with Gasteiger partial charge in [0.15, 0.2) is 5.82 Å². The molecule has 0 bridgehead atoms. The summed E-state index contributed by atoms with van der Waals surface area (Å²) in [5, 5.41) is 7.12. The van der Waals surface area contributed by atoms with Crippen molar-refractivity contribution in [3.05, 3.63) is 60.7 Å². The first-order chi connectivity index (χ1) is 17.0. The van der Waals surface area contributed by atoms with Crippen molar-refractivity contribution in [1.82, 2.24) is 24.3 Å². The number of amides is 1. The lowest BCUT2D eigenvalue weighted by molar-refractivity contribution is -0.192. The summed E-state index contributed by atoms with van der Waals surface area (Å²) in [6.07, 6.45) is 2.57. The Kier molecular flexibility index (Phi) is 8.46. The van der Waals surface area contributed by atoms with Crippen LogP contribution in [0, 0.1) is 0 Å². The number of piperidine rings is 1. The predicted octanol–water partition coefficient (Wildman–Crippen LogP) is 3.95. The summed E-state index contributed by atoms with van der Waals surface area (Å²) in [6, 6.07) is 12.4. The number of rotatable bonds is 4. The Morgan fingerprint density at radius 3 is 2.06 bits per heavy atom. The van der Waals surface area contributed by atoms with E-state index in [0.717, 1.165) is 42.6 Å². The molecule has 1 amide bonds. The molecular formula is C25H28F3N5O3. The van der Waals surface area contributed by atoms with E-state index >= 15 is 0 Å². The minimum absolute atomic E-state index is 0.0952. The van der Waals surface area contributed by atoms with E-state index in [0.29, 0.717) is 17.6 Å². The fourth-order valence-electron chi connectivity index (χ4n) is 3.90. The van der Waals surface area contributed by atoms with E-state index in [1.54, 1.807) is 0 Å². The third kappa shape index (κ3) is 6.69. The minimum Gasteiger partial charge on any atom is -0.475 e. The summed E-state index contributed by atoms with van der Waals surface area (Å²) < 4.78 is 33.6. The topological polar surface area (TPSA) is 91.6 Å². The second-order valence-corrected chi connectivity index (χ2v) is 8.68. The van der Waals surface area contributed by atoms with E-state index in [4.69, 9.17) is 9.90 Å². The van der Waals surface area contributed by atoms with Crippen LogP contribution in [0.1, 0.15) is 23.3 Å². The lowest BCUT2D eigenvalue weighted by Gasteiger charge is -2.35. The van der Waals surface area contributed by atoms with Crippen LogP contribution in [0.2, 0.25) is 0 Å². The number of aliphatic carboxylic acids is 1. The number of benzene rings is 1. The molecule has 1 aliphatic heterocycles. The highest BCUT2D eigenvalue weighted by molar-refractivity contribution is 5.94. The Morgan fingerprint density at radius 2 is 1.56 bits per heavy atom. The normalized spacial score (nSPS) is 14.4. The van der Waals surface area contributed by atoms with E-state index in [1.807, 2.05) is 71.5 Å². The van der Waals surface area contributed by atoms with Gasteiger partial charge < -0.3 is 19.5 Å². The molecule has 1 fully saturated rings. The molecule has 1 aliphatic rings. The highest BCUT2D eigenvalue weighted by atomic mass is 19.4. The summed E-state index contributed by atoms with van der Waals surface area (Å²) in [4.78, 5) is 35.2. The van der Waals surface area contributed by atoms with Gasteiger partial charge in [0.1, 0.15) is 5.69 Å². The van der Waals surface area contributed by atoms with E-state index in [-0.39, 0.29) is 5.91 Å². The van der Waals surface area contributed by atoms with Crippen molar-refractivity contribution < 1.29 is 27.9 Å². The third-order valence-corrected chi connectivity index (χ3v) is 5.97. The van der Waals surface area contributed by atoms with Gasteiger partial charge in [-0.15, -0.1) is 0 Å². The first-order valence-electron chi connectivity index (χ1n) is 11.3. The van der Waals surface area contributed by atoms with Crippen molar-refractivity contribution >= 4 is 11.9 Å². The summed E-state index contributed by atoms with van der Waals surface area (Å²) in [5.74, 6) is -1.96. The molecule has 0 spiro atoms. The molecule has 0 aliphatic carbocycles. The van der Waals surface area contributed by atoms with Crippen LogP contribution in [0.5, 0.6) is 0 Å². The van der Waals surface area contributed by atoms with Gasteiger partial charge in [0, 0.05) is 61.5 Å². The molecular weight excluding hydrogens is 475 g/mol. The number of hydrogen-bond donors (Lipinski definition) is 1. The number of alkyl halides is 3. The molecule has 11 heteroatoms. The number of carbonyl (C=O) groups excluding carboxylic acids is 1. The Hall–Kier alpha value is -3.73. The van der Waals surface area contributed by atoms with E-state index in [2.05, 4.69) is 29.0 Å². The lowest BCUT2D eigenvalue weighted by atomic mass is 10.0. The molecule has 8 nitrogen and oxygen atoms in total. The molecule has 0 saturated carbocycles. The van der Waals surface area contributed by atoms with Crippen LogP contribution >= 0.6 is 0 Å². The smallest absolute Gasteiger partial charge is 0.475 e. The number of carbonyl (C=O) groups is 2. The zero-order valence-corrected chi connectivity index (χ0v) is 20.2. The van der Waals surface area contributed by atoms with Gasteiger partial charge in [-0.25, -0.2) is 14.8 Å². The number of carboxylic acid groups (broad SMARTS) is 1. The molecule has 1 N–H and O–H groups in total. The van der Waals surface area contributed by atoms with Gasteiger partial charge in [0.05, 0.1) is 0 Å². The zero-order chi connectivity index (χ0) is 26.5. The van der Waals surface area contributed by atoms with Gasteiger partial charge in [-0.2, -0.15) is 13.2 Å². The monoisotopic (exact) mass is 503 g/mol. The van der Waals surface area contributed by atoms with Gasteiger partial charge in [0.2, 0.25) is 0 Å². The fraction of sp³-hybridized carbons (Fsp3) is 0.360. The van der Waals surface area contributed by atoms with Crippen molar-refractivity contribution in [2.45, 2.75) is 25.1 Å². The van der Waals surface area contributed by atoms with Gasteiger partial charge in [-0.1, -0.05) is 30.3 Å². The maximum absolute atomic E-state index is 13.0. The highest BCUT2D eigenvalue weighted by Crippen LogP contribution is 2.24. The Morgan fingerprint density at radius 1 is 1.00 bits per heavy atom. The molecule has 0 atom stereocenters. The van der Waals surface area contributed by atoms with Gasteiger partial charge in [0.25, 0.3) is 5.91 Å². The van der Waals surface area contributed by atoms with Crippen molar-refractivity contribution in [2.24, 2.45) is 7.05 Å². The molecule has 0 radical (unpaired) electrons. The Labute approximate surface area is 207 Å². The van der Waals surface area contributed by atoms with Crippen molar-refractivity contribution in [2.75, 3.05) is 27.2 Å². The minimum atomic E-state index is -5.08. The summed E-state index contributed by atoms with van der Waals surface area (Å²) in [6.45, 7) is 1.61. The second-order valence-electron chi connectivity index (χ2n) is 8.68. The van der Waals surface area contributed by atoms with Gasteiger partial charge >= 0.3 is 12.1 Å². The number of hydrogen-bond acceptors (Lipinski definition) is 5. The second kappa shape index (κ2) is 11.3. The zero-order valence-electron chi connectivity index (χ0n) is 20.2. The lowest BCUT2D eigenvalue weighted by Crippen LogP contribution is -2.44. The number of carboxylic acids is 1. The molecule has 0 unspecified atom stereocenters. The molecule has 3 heterocycles. The van der Waals surface area contributed by atoms with Gasteiger partial charge in [-0.05, 0) is 33.0 Å². The van der Waals surface area contributed by atoms with E-state index in [9.17, 15) is 18.0 Å². The van der Waals surface area contributed by atoms with E-state index in [1.165, 1.54) is 0 Å². The summed E-state index contributed by atoms with van der Waals surface area (Å²) in [5.41, 5.74) is 3.56. The first kappa shape index (κ1) is 26.9. The average Bonchev–Trinajstić information content (AvgIpc) is 3.25. The quantitative estimate of drug-likeness (QED) is 0.580. The van der Waals surface area contributed by atoms with Crippen molar-refractivity contribution in [3.8, 4) is 22.5 Å². The van der Waals surface area contributed by atoms with Crippen LogP contribution in [0.25, 0.3) is 22.5 Å². The Bertz CT molecular complexity index is 1170. The average molecular weight is 504 g/mol. The fourth-order valence-corrected chi connectivity index (χ4v) is 3.90. The molecule has 192 valence electrons. The van der Waals surface area contributed by atoms with Crippen LogP contribution < -0.4 is 0 Å². The highest BCUT2D eigenvalue weighted by Gasteiger charge is 2.38. The molecule has 3 aromatic rings.